The molecule has 0 bridgehead atoms. The van der Waals surface area contributed by atoms with Crippen molar-refractivity contribution >= 4 is 11.6 Å². The van der Waals surface area contributed by atoms with Crippen LogP contribution in [-0.4, -0.2) is 13.0 Å². The Labute approximate surface area is 106 Å². The number of aryl methyl sites for hydroxylation is 1. The second-order valence-corrected chi connectivity index (χ2v) is 4.18. The molecular weight excluding hydrogens is 229 g/mol. The summed E-state index contributed by atoms with van der Waals surface area (Å²) in [4.78, 5) is 13.5. The fourth-order valence-electron chi connectivity index (χ4n) is 1.72. The summed E-state index contributed by atoms with van der Waals surface area (Å²) in [6.45, 7) is 1.95. The molecule has 0 aliphatic carbocycles. The predicted molar refractivity (Wildman–Crippen MR) is 70.3 cm³/mol. The topological polar surface area (TPSA) is 20.3 Å². The molecule has 0 saturated carbocycles. The predicted octanol–water partition coefficient (Wildman–Crippen LogP) is 3.41. The Morgan fingerprint density at radius 2 is 1.67 bits per heavy atom. The first-order valence-corrected chi connectivity index (χ1v) is 5.69. The number of hydrogen-bond acceptors (Lipinski definition) is 1. The molecule has 92 valence electrons. The van der Waals surface area contributed by atoms with Crippen LogP contribution < -0.4 is 4.90 Å². The molecular formula is C15H14FNO. The molecule has 0 aliphatic rings. The third-order valence-corrected chi connectivity index (χ3v) is 2.82. The molecule has 0 aromatic heterocycles. The van der Waals surface area contributed by atoms with E-state index >= 15 is 0 Å². The van der Waals surface area contributed by atoms with Crippen molar-refractivity contribution in [3.63, 3.8) is 0 Å². The summed E-state index contributed by atoms with van der Waals surface area (Å²) in [5.74, 6) is -0.624. The molecule has 1 amide bonds. The summed E-state index contributed by atoms with van der Waals surface area (Å²) >= 11 is 0. The standard InChI is InChI=1S/C15H14FNO/c1-11-7-9-12(10-8-11)15(18)17(2)14-6-4-3-5-13(14)16/h3-10H,1-2H3. The van der Waals surface area contributed by atoms with E-state index in [1.54, 1.807) is 37.4 Å². The van der Waals surface area contributed by atoms with Gasteiger partial charge in [0.15, 0.2) is 0 Å². The number of nitrogens with zero attached hydrogens (tertiary/aromatic N) is 1. The molecule has 2 nitrogen and oxygen atoms in total. The maximum atomic E-state index is 13.6. The van der Waals surface area contributed by atoms with Crippen LogP contribution in [0.2, 0.25) is 0 Å². The monoisotopic (exact) mass is 243 g/mol. The van der Waals surface area contributed by atoms with Crippen molar-refractivity contribution in [2.24, 2.45) is 0 Å². The van der Waals surface area contributed by atoms with Crippen LogP contribution in [0.3, 0.4) is 0 Å². The Hall–Kier alpha value is -2.16. The molecule has 0 radical (unpaired) electrons. The van der Waals surface area contributed by atoms with Crippen molar-refractivity contribution in [2.45, 2.75) is 6.92 Å². The van der Waals surface area contributed by atoms with Crippen molar-refractivity contribution in [2.75, 3.05) is 11.9 Å². The van der Waals surface area contributed by atoms with Crippen LogP contribution in [0.4, 0.5) is 10.1 Å². The highest BCUT2D eigenvalue weighted by atomic mass is 19.1. The molecule has 3 heteroatoms. The summed E-state index contributed by atoms with van der Waals surface area (Å²) in [6, 6.07) is 13.4. The number of carbonyl (C=O) groups excluding carboxylic acids is 1. The van der Waals surface area contributed by atoms with Crippen molar-refractivity contribution in [1.29, 1.82) is 0 Å². The molecule has 0 saturated heterocycles. The minimum Gasteiger partial charge on any atom is -0.309 e. The Balaban J connectivity index is 2.29. The number of carbonyl (C=O) groups is 1. The first-order valence-electron chi connectivity index (χ1n) is 5.69. The lowest BCUT2D eigenvalue weighted by Gasteiger charge is -2.18. The van der Waals surface area contributed by atoms with Crippen LogP contribution in [0.5, 0.6) is 0 Å². The van der Waals surface area contributed by atoms with Crippen molar-refractivity contribution in [3.05, 3.63) is 65.5 Å². The highest BCUT2D eigenvalue weighted by Gasteiger charge is 2.15. The molecule has 2 aromatic carbocycles. The van der Waals surface area contributed by atoms with Crippen molar-refractivity contribution in [1.82, 2.24) is 0 Å². The van der Waals surface area contributed by atoms with E-state index in [1.165, 1.54) is 11.0 Å². The van der Waals surface area contributed by atoms with Crippen LogP contribution in [0, 0.1) is 12.7 Å². The van der Waals surface area contributed by atoms with Gasteiger partial charge in [-0.3, -0.25) is 4.79 Å². The maximum Gasteiger partial charge on any atom is 0.258 e. The van der Waals surface area contributed by atoms with Gasteiger partial charge >= 0.3 is 0 Å². The molecule has 0 N–H and O–H groups in total. The Morgan fingerprint density at radius 1 is 1.06 bits per heavy atom. The molecule has 0 heterocycles. The zero-order chi connectivity index (χ0) is 13.1. The van der Waals surface area contributed by atoms with Crippen LogP contribution in [-0.2, 0) is 0 Å². The molecule has 0 atom stereocenters. The number of amides is 1. The van der Waals surface area contributed by atoms with E-state index in [0.717, 1.165) is 5.56 Å². The van der Waals surface area contributed by atoms with E-state index in [2.05, 4.69) is 0 Å². The highest BCUT2D eigenvalue weighted by molar-refractivity contribution is 6.05. The van der Waals surface area contributed by atoms with E-state index in [9.17, 15) is 9.18 Å². The number of halogens is 1. The molecule has 2 aromatic rings. The fourth-order valence-corrected chi connectivity index (χ4v) is 1.72. The van der Waals surface area contributed by atoms with Gasteiger partial charge in [-0.1, -0.05) is 29.8 Å². The number of hydrogen-bond donors (Lipinski definition) is 0. The average Bonchev–Trinajstić information content (AvgIpc) is 2.38. The van der Waals surface area contributed by atoms with E-state index < -0.39 is 5.82 Å². The Kier molecular flexibility index (Phi) is 3.42. The van der Waals surface area contributed by atoms with Gasteiger partial charge in [0.1, 0.15) is 5.82 Å². The first kappa shape index (κ1) is 12.3. The molecule has 2 rings (SSSR count). The highest BCUT2D eigenvalue weighted by Crippen LogP contribution is 2.19. The normalized spacial score (nSPS) is 10.2. The molecule has 0 aliphatic heterocycles. The van der Waals surface area contributed by atoms with E-state index in [-0.39, 0.29) is 11.6 Å². The van der Waals surface area contributed by atoms with Gasteiger partial charge in [0.25, 0.3) is 5.91 Å². The quantitative estimate of drug-likeness (QED) is 0.791. The summed E-state index contributed by atoms with van der Waals surface area (Å²) in [6.07, 6.45) is 0. The summed E-state index contributed by atoms with van der Waals surface area (Å²) in [5, 5.41) is 0. The maximum absolute atomic E-state index is 13.6. The van der Waals surface area contributed by atoms with Crippen LogP contribution in [0.1, 0.15) is 15.9 Å². The number of rotatable bonds is 2. The number of anilines is 1. The molecule has 0 spiro atoms. The second kappa shape index (κ2) is 5.00. The van der Waals surface area contributed by atoms with E-state index in [0.29, 0.717) is 5.56 Å². The molecule has 0 fully saturated rings. The number of para-hydroxylation sites is 1. The average molecular weight is 243 g/mol. The van der Waals surface area contributed by atoms with Gasteiger partial charge in [-0.15, -0.1) is 0 Å². The largest absolute Gasteiger partial charge is 0.309 e. The van der Waals surface area contributed by atoms with Gasteiger partial charge in [-0.05, 0) is 31.2 Å². The smallest absolute Gasteiger partial charge is 0.258 e. The van der Waals surface area contributed by atoms with Crippen molar-refractivity contribution < 1.29 is 9.18 Å². The summed E-state index contributed by atoms with van der Waals surface area (Å²) in [5.41, 5.74) is 1.91. The van der Waals surface area contributed by atoms with Crippen LogP contribution in [0.15, 0.2) is 48.5 Å². The Bertz CT molecular complexity index is 563. The molecule has 18 heavy (non-hydrogen) atoms. The lowest BCUT2D eigenvalue weighted by molar-refractivity contribution is 0.0992. The zero-order valence-corrected chi connectivity index (χ0v) is 10.4. The second-order valence-electron chi connectivity index (χ2n) is 4.18. The summed E-state index contributed by atoms with van der Waals surface area (Å²) in [7, 11) is 1.57. The lowest BCUT2D eigenvalue weighted by atomic mass is 10.1. The Morgan fingerprint density at radius 3 is 2.28 bits per heavy atom. The molecule has 0 unspecified atom stereocenters. The minimum absolute atomic E-state index is 0.222. The minimum atomic E-state index is -0.402. The number of benzene rings is 2. The van der Waals surface area contributed by atoms with Gasteiger partial charge in [0.05, 0.1) is 5.69 Å². The third-order valence-electron chi connectivity index (χ3n) is 2.82. The fraction of sp³-hybridized carbons (Fsp3) is 0.133. The van der Waals surface area contributed by atoms with Gasteiger partial charge in [-0.2, -0.15) is 0 Å². The lowest BCUT2D eigenvalue weighted by Crippen LogP contribution is -2.27. The zero-order valence-electron chi connectivity index (χ0n) is 10.4. The third kappa shape index (κ3) is 2.40. The van der Waals surface area contributed by atoms with Crippen LogP contribution >= 0.6 is 0 Å². The van der Waals surface area contributed by atoms with Crippen molar-refractivity contribution in [3.8, 4) is 0 Å². The van der Waals surface area contributed by atoms with E-state index in [1.807, 2.05) is 19.1 Å². The first-order chi connectivity index (χ1) is 8.59. The van der Waals surface area contributed by atoms with Gasteiger partial charge in [0, 0.05) is 12.6 Å². The van der Waals surface area contributed by atoms with Gasteiger partial charge in [-0.25, -0.2) is 4.39 Å². The van der Waals surface area contributed by atoms with E-state index in [4.69, 9.17) is 0 Å². The summed E-state index contributed by atoms with van der Waals surface area (Å²) < 4.78 is 13.6. The van der Waals surface area contributed by atoms with Gasteiger partial charge < -0.3 is 4.90 Å². The van der Waals surface area contributed by atoms with Crippen LogP contribution in [0.25, 0.3) is 0 Å². The van der Waals surface area contributed by atoms with Gasteiger partial charge in [0.2, 0.25) is 0 Å². The SMILES string of the molecule is Cc1ccc(C(=O)N(C)c2ccccc2F)cc1.